The Morgan fingerprint density at radius 3 is 1.45 bits per heavy atom. The molecule has 1 heterocycles. The molecule has 0 saturated carbocycles. The topological polar surface area (TPSA) is 632 Å². The number of rotatable bonds is 63. The Bertz CT molecular complexity index is 4280. The fraction of sp³-hybridized carbons (Fsp3) is 0.589. The highest BCUT2D eigenvalue weighted by atomic mass is 16.4. The zero-order valence-electron chi connectivity index (χ0n) is 73.6. The lowest BCUT2D eigenvalue weighted by atomic mass is 9.85. The van der Waals surface area contributed by atoms with Crippen LogP contribution >= 0.6 is 0 Å². The molecule has 9 amide bonds. The third-order valence-electron chi connectivity index (χ3n) is 22.5. The number of amides is 9. The van der Waals surface area contributed by atoms with Crippen molar-refractivity contribution in [3.05, 3.63) is 95.6 Å². The number of piperidine rings is 1. The largest absolute Gasteiger partial charge is 0.508 e. The van der Waals surface area contributed by atoms with Crippen molar-refractivity contribution < 1.29 is 137 Å². The van der Waals surface area contributed by atoms with Crippen LogP contribution in [0.1, 0.15) is 187 Å². The minimum atomic E-state index is -2.00. The summed E-state index contributed by atoms with van der Waals surface area (Å²) >= 11 is 0. The maximum absolute atomic E-state index is 14.8. The van der Waals surface area contributed by atoms with Gasteiger partial charge in [-0.15, -0.1) is 0 Å². The van der Waals surface area contributed by atoms with E-state index in [0.717, 1.165) is 26.7 Å². The Morgan fingerprint density at radius 1 is 0.453 bits per heavy atom. The smallest absolute Gasteiger partial charge is 0.304 e. The third-order valence-corrected chi connectivity index (χ3v) is 22.5. The number of phenolic OH excluding ortho intramolecular Hbond substituents is 2. The molecule has 1 fully saturated rings. The van der Waals surface area contributed by atoms with Crippen LogP contribution in [0.25, 0.3) is 0 Å². The first kappa shape index (κ1) is 109. The standard InChI is InChI=1S/C90H128N10O28/c1-8-51(4)82(76(112)41-59(35-56-20-25-63(105)26-21-56)85(123)95-68(34-50(2)3)72(108)39-60(43-80(117)118)84(122)94-52(5)16-12-14-30-91)99-87(125)62(48-101)42-73(109)69(37-57-22-27-64(106)28-23-57)96-86(124)61(44-81(119)120)40-74(110)71(49-102)98-89(127)67(54(7)104)46-75(111)70(36-55-17-10-9-11-18-55)97-88(126)66(53(6)103)45-65(107)47-93-83(121)58(24-29-79(115)116)38-77(113)90(128)92-31-33-100-32-15-13-19-78(100)114/h9-11,17-18,20-23,25-28,50-54,58-62,66-71,82,101-106H,8,12-16,19,24,29-49,91H2,1-7H3,(H,92,128)(H,93,121)(H,94,122)(H,95,123)(H,96,124)(H,97,126)(H,98,127)(H,99,125)(H,115,116)(H,117,118)(H,119,120)/t51-,52+,53+,54+,58+,59+,60-,61-,62-,66-,67-,68-,69-,70-,71-,82-/m0/s1. The molecule has 3 aromatic carbocycles. The highest BCUT2D eigenvalue weighted by molar-refractivity contribution is 6.36. The number of aliphatic hydroxyl groups excluding tert-OH is 4. The van der Waals surface area contributed by atoms with E-state index in [9.17, 15) is 137 Å². The summed E-state index contributed by atoms with van der Waals surface area (Å²) in [7, 11) is 0. The Morgan fingerprint density at radius 2 is 0.930 bits per heavy atom. The molecule has 3 aromatic rings. The molecule has 1 aliphatic heterocycles. The van der Waals surface area contributed by atoms with Gasteiger partial charge in [-0.05, 0) is 138 Å². The number of unbranched alkanes of at least 4 members (excludes halogenated alkanes) is 1. The van der Waals surface area contributed by atoms with Gasteiger partial charge >= 0.3 is 17.9 Å². The number of benzene rings is 3. The quantitative estimate of drug-likeness (QED) is 0.0278. The molecule has 128 heavy (non-hydrogen) atoms. The first-order valence-corrected chi connectivity index (χ1v) is 43.3. The molecular weight excluding hydrogens is 1670 g/mol. The Balaban J connectivity index is 1.55. The van der Waals surface area contributed by atoms with Crippen LogP contribution in [-0.2, 0) is 110 Å². The molecule has 1 aliphatic rings. The van der Waals surface area contributed by atoms with Crippen LogP contribution in [0.15, 0.2) is 78.9 Å². The number of nitrogens with one attached hydrogen (secondary N) is 8. The number of hydrogen-bond donors (Lipinski definition) is 18. The third kappa shape index (κ3) is 38.9. The number of nitrogens with two attached hydrogens (primary N) is 1. The summed E-state index contributed by atoms with van der Waals surface area (Å²) in [6, 6.07) is 10.4. The van der Waals surface area contributed by atoms with E-state index >= 15 is 0 Å². The lowest BCUT2D eigenvalue weighted by molar-refractivity contribution is -0.143. The zero-order chi connectivity index (χ0) is 95.6. The van der Waals surface area contributed by atoms with Gasteiger partial charge in [-0.1, -0.05) is 95.1 Å². The number of hydrogen-bond acceptors (Lipinski definition) is 26. The first-order valence-electron chi connectivity index (χ1n) is 43.3. The fourth-order valence-electron chi connectivity index (χ4n) is 14.7. The number of carbonyl (C=O) groups excluding carboxylic acids is 16. The van der Waals surface area contributed by atoms with Crippen molar-refractivity contribution >= 4 is 112 Å². The van der Waals surface area contributed by atoms with E-state index in [2.05, 4.69) is 42.5 Å². The minimum absolute atomic E-state index is 0.0248. The molecule has 19 N–H and O–H groups in total. The molecule has 706 valence electrons. The van der Waals surface area contributed by atoms with Gasteiger partial charge in [0, 0.05) is 95.3 Å². The second-order valence-corrected chi connectivity index (χ2v) is 33.6. The summed E-state index contributed by atoms with van der Waals surface area (Å²) in [4.78, 5) is 261. The molecule has 38 heteroatoms. The number of carboxylic acids is 3. The number of nitrogens with zero attached hydrogens (tertiary/aromatic N) is 1. The van der Waals surface area contributed by atoms with E-state index in [1.807, 2.05) is 0 Å². The van der Waals surface area contributed by atoms with Gasteiger partial charge in [0.05, 0.1) is 98.6 Å². The first-order chi connectivity index (χ1) is 60.5. The zero-order valence-corrected chi connectivity index (χ0v) is 73.6. The van der Waals surface area contributed by atoms with Gasteiger partial charge in [0.1, 0.15) is 17.5 Å². The summed E-state index contributed by atoms with van der Waals surface area (Å²) in [5.74, 6) is -31.7. The van der Waals surface area contributed by atoms with Gasteiger partial charge in [0.15, 0.2) is 34.7 Å². The number of ketones is 7. The molecule has 0 unspecified atom stereocenters. The number of likely N-dealkylation sites (tertiary alicyclic amines) is 1. The average Bonchev–Trinajstić information content (AvgIpc) is 0.844. The number of carboxylic acid groups (broad SMARTS) is 3. The maximum Gasteiger partial charge on any atom is 0.304 e. The van der Waals surface area contributed by atoms with Crippen molar-refractivity contribution in [1.29, 1.82) is 0 Å². The monoisotopic (exact) mass is 1800 g/mol. The van der Waals surface area contributed by atoms with E-state index in [4.69, 9.17) is 5.73 Å². The van der Waals surface area contributed by atoms with E-state index in [1.165, 1.54) is 53.4 Å². The SMILES string of the molecule is CC[C@H](C)[C@H](NC(=O)[C@H](CO)CC(=O)[C@H](Cc1ccc(O)cc1)NC(=O)[C@H](CC(=O)O)CC(=O)[C@H](CO)NC(=O)[C@@H](CC(=O)[C@H](Cc1ccccc1)NC(=O)[C@@H](CC(=O)CNC(=O)[C@H](CCC(=O)O)CC(=O)C(=O)NCCN1CCCCC1=O)[C@@H](C)O)[C@@H](C)O)C(=O)C[C@@H](Cc1ccc(O)cc1)C(=O)N[C@@H](CC(C)C)C(=O)C[C@@H](CC(=O)O)C(=O)N[C@H](C)CCCCN. The molecule has 4 rings (SSSR count). The predicted octanol–water partition coefficient (Wildman–Crippen LogP) is 1.11. The van der Waals surface area contributed by atoms with Crippen LogP contribution in [0, 0.1) is 53.3 Å². The predicted molar refractivity (Wildman–Crippen MR) is 460 cm³/mol. The Labute approximate surface area is 743 Å². The minimum Gasteiger partial charge on any atom is -0.508 e. The molecule has 0 aromatic heterocycles. The van der Waals surface area contributed by atoms with Crippen LogP contribution in [-0.4, -0.2) is 257 Å². The van der Waals surface area contributed by atoms with Crippen molar-refractivity contribution in [2.24, 2.45) is 59.0 Å². The summed E-state index contributed by atoms with van der Waals surface area (Å²) < 4.78 is 0. The van der Waals surface area contributed by atoms with E-state index < -0.39 is 292 Å². The van der Waals surface area contributed by atoms with Gasteiger partial charge in [-0.2, -0.15) is 0 Å². The molecule has 0 aliphatic carbocycles. The summed E-state index contributed by atoms with van der Waals surface area (Å²) in [5.41, 5.74) is 6.76. The Hall–Kier alpha value is -11.6. The second-order valence-electron chi connectivity index (χ2n) is 33.6. The van der Waals surface area contributed by atoms with Gasteiger partial charge < -0.3 is 99.1 Å². The second kappa shape index (κ2) is 55.9. The number of Topliss-reactive ketones (excluding diaryl/α,β-unsaturated/α-hetero) is 7. The highest BCUT2D eigenvalue weighted by Gasteiger charge is 2.41. The van der Waals surface area contributed by atoms with Crippen molar-refractivity contribution in [3.8, 4) is 11.5 Å². The maximum atomic E-state index is 14.8. The lowest BCUT2D eigenvalue weighted by Crippen LogP contribution is -2.52. The molecule has 0 bridgehead atoms. The number of aliphatic carboxylic acids is 3. The van der Waals surface area contributed by atoms with Crippen LogP contribution in [0.5, 0.6) is 11.5 Å². The van der Waals surface area contributed by atoms with Crippen LogP contribution in [0.2, 0.25) is 0 Å². The van der Waals surface area contributed by atoms with Crippen molar-refractivity contribution in [1.82, 2.24) is 47.4 Å². The van der Waals surface area contributed by atoms with Crippen molar-refractivity contribution in [2.75, 3.05) is 45.9 Å². The summed E-state index contributed by atoms with van der Waals surface area (Å²) in [5, 5.41) is 113. The van der Waals surface area contributed by atoms with Gasteiger partial charge in [0.25, 0.3) is 5.91 Å². The molecule has 16 atom stereocenters. The fourth-order valence-corrected chi connectivity index (χ4v) is 14.7. The molecule has 38 nitrogen and oxygen atoms in total. The Kier molecular flexibility index (Phi) is 47.5. The number of aromatic hydroxyl groups is 2. The van der Waals surface area contributed by atoms with Crippen LogP contribution in [0.3, 0.4) is 0 Å². The van der Waals surface area contributed by atoms with E-state index in [-0.39, 0.29) is 73.7 Å². The molecule has 1 saturated heterocycles. The lowest BCUT2D eigenvalue weighted by Gasteiger charge is -2.28. The van der Waals surface area contributed by atoms with Gasteiger partial charge in [-0.3, -0.25) is 91.1 Å². The molecule has 0 spiro atoms. The number of aliphatic hydroxyl groups is 4. The summed E-state index contributed by atoms with van der Waals surface area (Å²) in [6.45, 7) is 8.58. The number of carbonyl (C=O) groups is 19. The number of phenols is 2. The highest BCUT2D eigenvalue weighted by Crippen LogP contribution is 2.27. The van der Waals surface area contributed by atoms with Gasteiger partial charge in [0.2, 0.25) is 53.0 Å². The summed E-state index contributed by atoms with van der Waals surface area (Å²) in [6.07, 6.45) is -8.90. The van der Waals surface area contributed by atoms with E-state index in [0.29, 0.717) is 49.9 Å². The van der Waals surface area contributed by atoms with Crippen LogP contribution in [0.4, 0.5) is 0 Å². The van der Waals surface area contributed by atoms with Crippen molar-refractivity contribution in [2.45, 2.75) is 238 Å². The molecular formula is C90H128N10O28. The van der Waals surface area contributed by atoms with Gasteiger partial charge in [-0.25, -0.2) is 0 Å². The van der Waals surface area contributed by atoms with E-state index in [1.54, 1.807) is 65.0 Å². The average molecular weight is 1800 g/mol. The van der Waals surface area contributed by atoms with Crippen LogP contribution < -0.4 is 48.3 Å². The van der Waals surface area contributed by atoms with Crippen molar-refractivity contribution in [3.63, 3.8) is 0 Å². The normalized spacial score (nSPS) is 15.8. The molecule has 0 radical (unpaired) electrons.